The van der Waals surface area contributed by atoms with Crippen LogP contribution in [0.2, 0.25) is 0 Å². The summed E-state index contributed by atoms with van der Waals surface area (Å²) < 4.78 is 0. The third-order valence-corrected chi connectivity index (χ3v) is 5.63. The molecule has 1 atom stereocenters. The predicted octanol–water partition coefficient (Wildman–Crippen LogP) is 3.04. The van der Waals surface area contributed by atoms with E-state index in [-0.39, 0.29) is 29.9 Å². The fourth-order valence-electron chi connectivity index (χ4n) is 4.07. The number of carbonyl (C=O) groups is 1. The highest BCUT2D eigenvalue weighted by molar-refractivity contribution is 14.0. The molecule has 6 nitrogen and oxygen atoms in total. The van der Waals surface area contributed by atoms with E-state index < -0.39 is 0 Å². The van der Waals surface area contributed by atoms with Gasteiger partial charge in [0.1, 0.15) is 0 Å². The lowest BCUT2D eigenvalue weighted by molar-refractivity contribution is -0.132. The van der Waals surface area contributed by atoms with Crippen molar-refractivity contribution in [2.75, 3.05) is 57.3 Å². The van der Waals surface area contributed by atoms with Crippen LogP contribution in [0.25, 0.3) is 0 Å². The summed E-state index contributed by atoms with van der Waals surface area (Å²) in [6, 6.07) is 10.6. The average molecular weight is 513 g/mol. The molecular weight excluding hydrogens is 477 g/mol. The molecule has 1 aromatic carbocycles. The van der Waals surface area contributed by atoms with Gasteiger partial charge in [0.25, 0.3) is 0 Å². The van der Waals surface area contributed by atoms with Gasteiger partial charge in [-0.15, -0.1) is 24.0 Å². The highest BCUT2D eigenvalue weighted by Crippen LogP contribution is 2.17. The number of benzene rings is 1. The molecule has 2 aliphatic rings. The summed E-state index contributed by atoms with van der Waals surface area (Å²) in [5, 5.41) is 3.40. The molecule has 7 heteroatoms. The first-order valence-electron chi connectivity index (χ1n) is 10.8. The Balaban J connectivity index is 0.00000300. The second kappa shape index (κ2) is 12.2. The molecule has 29 heavy (non-hydrogen) atoms. The summed E-state index contributed by atoms with van der Waals surface area (Å²) >= 11 is 0. The standard InChI is InChI=1S/C22H35N5O.HI/c1-3-23-22(24-12-11-21(28)27-13-7-8-19(2)18-27)26-16-14-25(15-17-26)20-9-5-4-6-10-20;/h4-6,9-10,19H,3,7-8,11-18H2,1-2H3,(H,23,24);1H. The Hall–Kier alpha value is -1.51. The zero-order chi connectivity index (χ0) is 19.8. The Labute approximate surface area is 192 Å². The van der Waals surface area contributed by atoms with E-state index in [0.29, 0.717) is 18.9 Å². The topological polar surface area (TPSA) is 51.2 Å². The van der Waals surface area contributed by atoms with E-state index in [0.717, 1.165) is 58.2 Å². The summed E-state index contributed by atoms with van der Waals surface area (Å²) in [4.78, 5) is 24.0. The van der Waals surface area contributed by atoms with Gasteiger partial charge in [0.2, 0.25) is 5.91 Å². The van der Waals surface area contributed by atoms with Crippen molar-refractivity contribution in [1.29, 1.82) is 0 Å². The van der Waals surface area contributed by atoms with Gasteiger partial charge >= 0.3 is 0 Å². The third-order valence-electron chi connectivity index (χ3n) is 5.63. The first kappa shape index (κ1) is 23.8. The minimum atomic E-state index is 0. The van der Waals surface area contributed by atoms with E-state index >= 15 is 0 Å². The lowest BCUT2D eigenvalue weighted by Crippen LogP contribution is -2.52. The van der Waals surface area contributed by atoms with E-state index in [2.05, 4.69) is 59.3 Å². The predicted molar refractivity (Wildman–Crippen MR) is 131 cm³/mol. The van der Waals surface area contributed by atoms with Crippen molar-refractivity contribution in [3.8, 4) is 0 Å². The van der Waals surface area contributed by atoms with Crippen LogP contribution in [-0.2, 0) is 4.79 Å². The van der Waals surface area contributed by atoms with Gasteiger partial charge in [-0.05, 0) is 37.8 Å². The lowest BCUT2D eigenvalue weighted by atomic mass is 10.00. The van der Waals surface area contributed by atoms with Crippen LogP contribution in [0.15, 0.2) is 35.3 Å². The number of hydrogen-bond acceptors (Lipinski definition) is 3. The Bertz CT molecular complexity index is 646. The quantitative estimate of drug-likeness (QED) is 0.374. The van der Waals surface area contributed by atoms with Gasteiger partial charge in [0.15, 0.2) is 5.96 Å². The van der Waals surface area contributed by atoms with Gasteiger partial charge in [-0.1, -0.05) is 25.1 Å². The zero-order valence-corrected chi connectivity index (χ0v) is 20.2. The summed E-state index contributed by atoms with van der Waals surface area (Å²) in [7, 11) is 0. The van der Waals surface area contributed by atoms with E-state index in [1.807, 2.05) is 4.90 Å². The van der Waals surface area contributed by atoms with Crippen LogP contribution in [-0.4, -0.2) is 74.0 Å². The molecular formula is C22H36IN5O. The lowest BCUT2D eigenvalue weighted by Gasteiger charge is -2.37. The zero-order valence-electron chi connectivity index (χ0n) is 17.8. The molecule has 0 spiro atoms. The molecule has 0 radical (unpaired) electrons. The van der Waals surface area contributed by atoms with Gasteiger partial charge in [-0.2, -0.15) is 0 Å². The first-order chi connectivity index (χ1) is 13.7. The minimum absolute atomic E-state index is 0. The van der Waals surface area contributed by atoms with E-state index in [4.69, 9.17) is 4.99 Å². The maximum Gasteiger partial charge on any atom is 0.224 e. The molecule has 162 valence electrons. The number of amides is 1. The van der Waals surface area contributed by atoms with Crippen LogP contribution in [0.5, 0.6) is 0 Å². The maximum absolute atomic E-state index is 12.5. The fraction of sp³-hybridized carbons (Fsp3) is 0.636. The molecule has 0 aliphatic carbocycles. The molecule has 2 heterocycles. The molecule has 3 rings (SSSR count). The number of hydrogen-bond donors (Lipinski definition) is 1. The smallest absolute Gasteiger partial charge is 0.224 e. The molecule has 1 N–H and O–H groups in total. The second-order valence-corrected chi connectivity index (χ2v) is 7.88. The molecule has 1 aromatic rings. The van der Waals surface area contributed by atoms with E-state index in [1.165, 1.54) is 12.1 Å². The largest absolute Gasteiger partial charge is 0.368 e. The molecule has 2 fully saturated rings. The van der Waals surface area contributed by atoms with Gasteiger partial charge in [0.05, 0.1) is 6.54 Å². The number of piperazine rings is 1. The Morgan fingerprint density at radius 1 is 1.10 bits per heavy atom. The third kappa shape index (κ3) is 7.04. The normalized spacial score (nSPS) is 20.3. The number of piperidine rings is 1. The monoisotopic (exact) mass is 513 g/mol. The maximum atomic E-state index is 12.5. The molecule has 1 amide bonds. The summed E-state index contributed by atoms with van der Waals surface area (Å²) in [5.41, 5.74) is 1.28. The highest BCUT2D eigenvalue weighted by Gasteiger charge is 2.22. The number of guanidine groups is 1. The van der Waals surface area contributed by atoms with Crippen molar-refractivity contribution < 1.29 is 4.79 Å². The van der Waals surface area contributed by atoms with Gasteiger partial charge in [0, 0.05) is 57.9 Å². The number of halogens is 1. The molecule has 2 saturated heterocycles. The van der Waals surface area contributed by atoms with Crippen LogP contribution in [0.1, 0.15) is 33.1 Å². The number of nitrogens with one attached hydrogen (secondary N) is 1. The molecule has 2 aliphatic heterocycles. The van der Waals surface area contributed by atoms with Crippen LogP contribution >= 0.6 is 24.0 Å². The SMILES string of the molecule is CCNC(=NCCC(=O)N1CCCC(C)C1)N1CCN(c2ccccc2)CC1.I. The van der Waals surface area contributed by atoms with Crippen molar-refractivity contribution >= 4 is 41.5 Å². The van der Waals surface area contributed by atoms with Crippen molar-refractivity contribution in [3.63, 3.8) is 0 Å². The van der Waals surface area contributed by atoms with Gasteiger partial charge in [-0.3, -0.25) is 9.79 Å². The summed E-state index contributed by atoms with van der Waals surface area (Å²) in [5.74, 6) is 1.81. The number of likely N-dealkylation sites (tertiary alicyclic amines) is 1. The number of anilines is 1. The van der Waals surface area contributed by atoms with E-state index in [1.54, 1.807) is 0 Å². The Kier molecular flexibility index (Phi) is 10.0. The summed E-state index contributed by atoms with van der Waals surface area (Å²) in [6.07, 6.45) is 2.87. The average Bonchev–Trinajstić information content (AvgIpc) is 2.74. The van der Waals surface area contributed by atoms with Crippen molar-refractivity contribution in [2.45, 2.75) is 33.1 Å². The number of rotatable bonds is 5. The second-order valence-electron chi connectivity index (χ2n) is 7.88. The van der Waals surface area contributed by atoms with Gasteiger partial charge in [-0.25, -0.2) is 0 Å². The van der Waals surface area contributed by atoms with Crippen molar-refractivity contribution in [3.05, 3.63) is 30.3 Å². The highest BCUT2D eigenvalue weighted by atomic mass is 127. The fourth-order valence-corrected chi connectivity index (χ4v) is 4.07. The molecule has 0 bridgehead atoms. The first-order valence-corrected chi connectivity index (χ1v) is 10.8. The minimum Gasteiger partial charge on any atom is -0.368 e. The van der Waals surface area contributed by atoms with Gasteiger partial charge < -0.3 is 20.0 Å². The number of nitrogens with zero attached hydrogens (tertiary/aromatic N) is 4. The van der Waals surface area contributed by atoms with Crippen LogP contribution in [0.4, 0.5) is 5.69 Å². The van der Waals surface area contributed by atoms with Crippen LogP contribution in [0, 0.1) is 5.92 Å². The summed E-state index contributed by atoms with van der Waals surface area (Å²) in [6.45, 7) is 11.4. The molecule has 1 unspecified atom stereocenters. The van der Waals surface area contributed by atoms with Crippen LogP contribution < -0.4 is 10.2 Å². The number of carbonyl (C=O) groups excluding carboxylic acids is 1. The molecule has 0 aromatic heterocycles. The van der Waals surface area contributed by atoms with Crippen LogP contribution in [0.3, 0.4) is 0 Å². The van der Waals surface area contributed by atoms with Crippen molar-refractivity contribution in [2.24, 2.45) is 10.9 Å². The Morgan fingerprint density at radius 3 is 2.48 bits per heavy atom. The van der Waals surface area contributed by atoms with Crippen molar-refractivity contribution in [1.82, 2.24) is 15.1 Å². The molecule has 0 saturated carbocycles. The Morgan fingerprint density at radius 2 is 1.83 bits per heavy atom. The number of aliphatic imine (C=N–C) groups is 1. The number of para-hydroxylation sites is 1. The van der Waals surface area contributed by atoms with E-state index in [9.17, 15) is 4.79 Å².